The molecule has 0 aliphatic carbocycles. The Labute approximate surface area is 81.6 Å². The summed E-state index contributed by atoms with van der Waals surface area (Å²) >= 11 is 0. The van der Waals surface area contributed by atoms with Crippen LogP contribution in [0.1, 0.15) is 6.42 Å². The van der Waals surface area contributed by atoms with E-state index in [2.05, 4.69) is 0 Å². The van der Waals surface area contributed by atoms with Crippen molar-refractivity contribution in [1.82, 2.24) is 4.90 Å². The van der Waals surface area contributed by atoms with Gasteiger partial charge in [-0.3, -0.25) is 0 Å². The van der Waals surface area contributed by atoms with Crippen molar-refractivity contribution in [3.63, 3.8) is 0 Å². The second-order valence-corrected chi connectivity index (χ2v) is 2.56. The van der Waals surface area contributed by atoms with Crippen molar-refractivity contribution in [3.8, 4) is 0 Å². The van der Waals surface area contributed by atoms with Crippen LogP contribution in [0.25, 0.3) is 0 Å². The highest BCUT2D eigenvalue weighted by Crippen LogP contribution is 2.39. The van der Waals surface area contributed by atoms with Crippen LogP contribution in [0.4, 0.5) is 43.9 Å². The number of halogens is 10. The summed E-state index contributed by atoms with van der Waals surface area (Å²) in [5.41, 5.74) is 0. The van der Waals surface area contributed by atoms with Crippen molar-refractivity contribution in [3.05, 3.63) is 0 Å². The van der Waals surface area contributed by atoms with Gasteiger partial charge in [0.2, 0.25) is 0 Å². The highest BCUT2D eigenvalue weighted by molar-refractivity contribution is 4.70. The summed E-state index contributed by atoms with van der Waals surface area (Å²) < 4.78 is 116. The average molecular weight is 267 g/mol. The van der Waals surface area contributed by atoms with Crippen LogP contribution in [-0.2, 0) is 0 Å². The number of hydrogen-bond acceptors (Lipinski definition) is 1. The monoisotopic (exact) mass is 267 g/mol. The molecule has 0 aliphatic rings. The van der Waals surface area contributed by atoms with E-state index in [1.807, 2.05) is 0 Å². The lowest BCUT2D eigenvalue weighted by Gasteiger charge is -2.29. The van der Waals surface area contributed by atoms with Crippen molar-refractivity contribution in [1.29, 1.82) is 0 Å². The Morgan fingerprint density at radius 3 is 1.25 bits per heavy atom. The van der Waals surface area contributed by atoms with Gasteiger partial charge in [-0.05, 0) is 0 Å². The molecule has 0 fully saturated rings. The fourth-order valence-electron chi connectivity index (χ4n) is 0.744. The molecule has 1 nitrogen and oxygen atoms in total. The smallest absolute Gasteiger partial charge is 0.229 e. The third kappa shape index (κ3) is 4.86. The lowest BCUT2D eigenvalue weighted by molar-refractivity contribution is -0.401. The van der Waals surface area contributed by atoms with Gasteiger partial charge in [0.05, 0.1) is 6.42 Å². The molecule has 0 aliphatic heterocycles. The predicted octanol–water partition coefficient (Wildman–Crippen LogP) is 3.58. The van der Waals surface area contributed by atoms with Gasteiger partial charge in [-0.1, -0.05) is 4.90 Å². The van der Waals surface area contributed by atoms with E-state index in [0.29, 0.717) is 0 Å². The topological polar surface area (TPSA) is 3.24 Å². The number of alkyl halides is 10. The minimum absolute atomic E-state index is 2.74. The molecule has 0 aromatic rings. The molecule has 0 saturated heterocycles. The van der Waals surface area contributed by atoms with Gasteiger partial charge in [0.15, 0.2) is 6.30 Å². The Morgan fingerprint density at radius 1 is 0.750 bits per heavy atom. The molecule has 0 spiro atoms. The van der Waals surface area contributed by atoms with Gasteiger partial charge in [-0.2, -0.15) is 39.5 Å². The van der Waals surface area contributed by atoms with Gasteiger partial charge in [0.1, 0.15) is 0 Å². The van der Waals surface area contributed by atoms with E-state index in [1.165, 1.54) is 0 Å². The second-order valence-electron chi connectivity index (χ2n) is 2.56. The first-order valence-electron chi connectivity index (χ1n) is 3.39. The van der Waals surface area contributed by atoms with E-state index in [1.54, 1.807) is 0 Å². The third-order valence-corrected chi connectivity index (χ3v) is 1.23. The van der Waals surface area contributed by atoms with E-state index in [0.717, 1.165) is 0 Å². The zero-order chi connectivity index (χ0) is 13.4. The fourth-order valence-corrected chi connectivity index (χ4v) is 0.744. The minimum atomic E-state index is -6.27. The Bertz CT molecular complexity index is 209. The lowest BCUT2D eigenvalue weighted by Crippen LogP contribution is -2.53. The summed E-state index contributed by atoms with van der Waals surface area (Å²) in [6, 6.07) is 0. The molecule has 0 bridgehead atoms. The Hall–Kier alpha value is -0.740. The van der Waals surface area contributed by atoms with Crippen LogP contribution < -0.4 is 0 Å². The maximum Gasteiger partial charge on any atom is 0.469 e. The van der Waals surface area contributed by atoms with Gasteiger partial charge < -0.3 is 0 Å². The standard InChI is InChI=1S/C5H3F10N/c6-2(1-3(7,8)9)16(4(10,11)12)5(13,14)15/h2H,1H2. The summed E-state index contributed by atoms with van der Waals surface area (Å²) in [7, 11) is 0. The summed E-state index contributed by atoms with van der Waals surface area (Å²) in [5, 5.41) is 0. The number of hydrogen-bond donors (Lipinski definition) is 0. The van der Waals surface area contributed by atoms with Gasteiger partial charge in [-0.15, -0.1) is 0 Å². The molecule has 98 valence electrons. The van der Waals surface area contributed by atoms with Gasteiger partial charge in [0, 0.05) is 0 Å². The zero-order valence-corrected chi connectivity index (χ0v) is 7.01. The van der Waals surface area contributed by atoms with E-state index in [9.17, 15) is 43.9 Å². The van der Waals surface area contributed by atoms with Crippen molar-refractivity contribution >= 4 is 0 Å². The zero-order valence-electron chi connectivity index (χ0n) is 7.01. The minimum Gasteiger partial charge on any atom is -0.229 e. The first-order valence-corrected chi connectivity index (χ1v) is 3.39. The first kappa shape index (κ1) is 15.3. The summed E-state index contributed by atoms with van der Waals surface area (Å²) in [5.74, 6) is 0. The fraction of sp³-hybridized carbons (Fsp3) is 1.00. The molecule has 0 amide bonds. The highest BCUT2D eigenvalue weighted by atomic mass is 19.4. The molecule has 0 heterocycles. The van der Waals surface area contributed by atoms with Crippen LogP contribution in [0.5, 0.6) is 0 Å². The SMILES string of the molecule is FC(CC(F)(F)F)N(C(F)(F)F)C(F)(F)F. The second kappa shape index (κ2) is 4.26. The van der Waals surface area contributed by atoms with Gasteiger partial charge in [0.25, 0.3) is 0 Å². The molecular formula is C5H3F10N. The first-order chi connectivity index (χ1) is 6.75. The maximum absolute atomic E-state index is 12.3. The number of rotatable bonds is 2. The third-order valence-electron chi connectivity index (χ3n) is 1.23. The van der Waals surface area contributed by atoms with E-state index < -0.39 is 36.4 Å². The van der Waals surface area contributed by atoms with Crippen molar-refractivity contribution in [2.24, 2.45) is 0 Å². The Kier molecular flexibility index (Phi) is 4.06. The summed E-state index contributed by atoms with van der Waals surface area (Å²) in [4.78, 5) is -2.74. The lowest BCUT2D eigenvalue weighted by atomic mass is 10.3. The molecule has 0 aromatic carbocycles. The Balaban J connectivity index is 4.94. The van der Waals surface area contributed by atoms with Crippen LogP contribution in [0.15, 0.2) is 0 Å². The van der Waals surface area contributed by atoms with E-state index in [-0.39, 0.29) is 0 Å². The highest BCUT2D eigenvalue weighted by Gasteiger charge is 2.59. The van der Waals surface area contributed by atoms with Crippen LogP contribution in [0.3, 0.4) is 0 Å². The van der Waals surface area contributed by atoms with Crippen LogP contribution in [0, 0.1) is 0 Å². The molecule has 0 radical (unpaired) electrons. The van der Waals surface area contributed by atoms with Crippen molar-refractivity contribution < 1.29 is 43.9 Å². The largest absolute Gasteiger partial charge is 0.469 e. The molecule has 1 unspecified atom stereocenters. The van der Waals surface area contributed by atoms with Crippen LogP contribution in [0.2, 0.25) is 0 Å². The number of nitrogens with zero attached hydrogens (tertiary/aromatic N) is 1. The molecule has 11 heteroatoms. The summed E-state index contributed by atoms with van der Waals surface area (Å²) in [6.07, 6.45) is -25.2. The normalized spacial score (nSPS) is 16.7. The quantitative estimate of drug-likeness (QED) is 0.546. The van der Waals surface area contributed by atoms with Crippen LogP contribution in [-0.4, -0.2) is 30.0 Å². The summed E-state index contributed by atoms with van der Waals surface area (Å²) in [6.45, 7) is 0. The van der Waals surface area contributed by atoms with Crippen LogP contribution >= 0.6 is 0 Å². The van der Waals surface area contributed by atoms with E-state index >= 15 is 0 Å². The molecule has 1 atom stereocenters. The molecular weight excluding hydrogens is 264 g/mol. The van der Waals surface area contributed by atoms with Gasteiger partial charge >= 0.3 is 18.8 Å². The predicted molar refractivity (Wildman–Crippen MR) is 29.5 cm³/mol. The van der Waals surface area contributed by atoms with Crippen molar-refractivity contribution in [2.45, 2.75) is 31.5 Å². The maximum atomic E-state index is 12.3. The van der Waals surface area contributed by atoms with Gasteiger partial charge in [-0.25, -0.2) is 4.39 Å². The van der Waals surface area contributed by atoms with E-state index in [4.69, 9.17) is 0 Å². The molecule has 0 saturated carbocycles. The average Bonchev–Trinajstić information content (AvgIpc) is 1.70. The molecule has 16 heavy (non-hydrogen) atoms. The molecule has 0 rings (SSSR count). The molecule has 0 N–H and O–H groups in total. The molecule has 0 aromatic heterocycles. The van der Waals surface area contributed by atoms with Crippen molar-refractivity contribution in [2.75, 3.05) is 0 Å². The Morgan fingerprint density at radius 2 is 1.06 bits per heavy atom.